The van der Waals surface area contributed by atoms with Crippen molar-refractivity contribution in [1.82, 2.24) is 5.32 Å². The van der Waals surface area contributed by atoms with E-state index in [2.05, 4.69) is 5.32 Å². The van der Waals surface area contributed by atoms with E-state index < -0.39 is 17.9 Å². The molecular weight excluding hydrogens is 426 g/mol. The number of aryl methyl sites for hydroxylation is 1. The quantitative estimate of drug-likeness (QED) is 0.538. The summed E-state index contributed by atoms with van der Waals surface area (Å²) in [6, 6.07) is 21.9. The van der Waals surface area contributed by atoms with Crippen LogP contribution in [0.1, 0.15) is 43.7 Å². The summed E-state index contributed by atoms with van der Waals surface area (Å²) in [6.45, 7) is 3.40. The Balaban J connectivity index is 1.54. The van der Waals surface area contributed by atoms with E-state index >= 15 is 0 Å². The van der Waals surface area contributed by atoms with E-state index in [1.807, 2.05) is 54.6 Å². The fraction of sp³-hybridized carbons (Fsp3) is 0.250. The molecule has 0 aromatic heterocycles. The summed E-state index contributed by atoms with van der Waals surface area (Å²) < 4.78 is 0. The number of nitrogens with zero attached hydrogens (tertiary/aromatic N) is 1. The van der Waals surface area contributed by atoms with Crippen LogP contribution in [-0.2, 0) is 20.8 Å². The number of fused-ring (bicyclic) bond motifs is 3. The number of anilines is 2. The van der Waals surface area contributed by atoms with Gasteiger partial charge in [-0.15, -0.1) is 0 Å². The highest BCUT2D eigenvalue weighted by Crippen LogP contribution is 2.44. The predicted molar refractivity (Wildman–Crippen MR) is 134 cm³/mol. The van der Waals surface area contributed by atoms with E-state index in [9.17, 15) is 14.4 Å². The first-order valence-electron chi connectivity index (χ1n) is 11.6. The molecule has 1 aliphatic rings. The Morgan fingerprint density at radius 3 is 2.47 bits per heavy atom. The highest BCUT2D eigenvalue weighted by Gasteiger charge is 2.37. The molecule has 0 saturated heterocycles. The normalized spacial score (nSPS) is 15.6. The molecule has 1 unspecified atom stereocenters. The van der Waals surface area contributed by atoms with Crippen molar-refractivity contribution in [1.29, 1.82) is 0 Å². The number of benzene rings is 3. The van der Waals surface area contributed by atoms with Gasteiger partial charge in [-0.3, -0.25) is 14.4 Å². The van der Waals surface area contributed by atoms with Crippen molar-refractivity contribution in [3.63, 3.8) is 0 Å². The summed E-state index contributed by atoms with van der Waals surface area (Å²) >= 11 is 0. The van der Waals surface area contributed by atoms with Gasteiger partial charge in [-0.25, -0.2) is 4.90 Å². The molecule has 3 N–H and O–H groups in total. The van der Waals surface area contributed by atoms with Crippen LogP contribution >= 0.6 is 0 Å². The number of carbonyl (C=O) groups excluding carboxylic acids is 3. The number of carbonyl (C=O) groups is 3. The lowest BCUT2D eigenvalue weighted by Gasteiger charge is -2.26. The molecule has 4 rings (SSSR count). The molecule has 3 aromatic rings. The largest absolute Gasteiger partial charge is 0.398 e. The number of hydrogen-bond acceptors (Lipinski definition) is 4. The third kappa shape index (κ3) is 4.57. The van der Waals surface area contributed by atoms with Gasteiger partial charge in [0.2, 0.25) is 11.8 Å². The van der Waals surface area contributed by atoms with Gasteiger partial charge < -0.3 is 11.1 Å². The second-order valence-corrected chi connectivity index (χ2v) is 8.69. The molecule has 0 bridgehead atoms. The second-order valence-electron chi connectivity index (χ2n) is 8.69. The van der Waals surface area contributed by atoms with Crippen LogP contribution in [0.2, 0.25) is 0 Å². The van der Waals surface area contributed by atoms with E-state index in [1.54, 1.807) is 32.0 Å². The van der Waals surface area contributed by atoms with Crippen LogP contribution in [0, 0.1) is 0 Å². The third-order valence-corrected chi connectivity index (χ3v) is 6.28. The lowest BCUT2D eigenvalue weighted by Crippen LogP contribution is -2.50. The van der Waals surface area contributed by atoms with Crippen LogP contribution in [0.5, 0.6) is 0 Å². The van der Waals surface area contributed by atoms with Crippen LogP contribution in [-0.4, -0.2) is 23.8 Å². The standard InChI is InChI=1S/C28H29N3O3/c1-18-21-13-6-7-14-22(21)26-23(29)15-9-16-24(26)31(27(18)33)28(34)19(2)30-25(32)17-8-12-20-10-4-3-5-11-20/h3-7,9-11,13-16,18-19H,8,12,17,29H2,1-2H3,(H,30,32)/t18?,19-/m0/s1. The highest BCUT2D eigenvalue weighted by atomic mass is 16.2. The van der Waals surface area contributed by atoms with Crippen LogP contribution in [0.4, 0.5) is 11.4 Å². The van der Waals surface area contributed by atoms with E-state index in [4.69, 9.17) is 5.73 Å². The first-order chi connectivity index (χ1) is 16.4. The summed E-state index contributed by atoms with van der Waals surface area (Å²) in [7, 11) is 0. The monoisotopic (exact) mass is 455 g/mol. The number of nitrogens with one attached hydrogen (secondary N) is 1. The van der Waals surface area contributed by atoms with Gasteiger partial charge in [0.15, 0.2) is 0 Å². The zero-order valence-corrected chi connectivity index (χ0v) is 19.5. The molecule has 34 heavy (non-hydrogen) atoms. The fourth-order valence-corrected chi connectivity index (χ4v) is 4.48. The Bertz CT molecular complexity index is 1220. The minimum atomic E-state index is -0.865. The van der Waals surface area contributed by atoms with Gasteiger partial charge >= 0.3 is 0 Å². The Kier molecular flexibility index (Phi) is 6.77. The third-order valence-electron chi connectivity index (χ3n) is 6.28. The molecule has 0 radical (unpaired) electrons. The van der Waals surface area contributed by atoms with Crippen LogP contribution in [0.25, 0.3) is 11.1 Å². The average Bonchev–Trinajstić information content (AvgIpc) is 2.93. The van der Waals surface area contributed by atoms with Crippen LogP contribution < -0.4 is 16.0 Å². The number of amides is 3. The molecule has 3 amide bonds. The maximum absolute atomic E-state index is 13.5. The zero-order chi connectivity index (χ0) is 24.2. The summed E-state index contributed by atoms with van der Waals surface area (Å²) in [5.41, 5.74) is 10.7. The number of hydrogen-bond donors (Lipinski definition) is 2. The molecule has 1 heterocycles. The van der Waals surface area contributed by atoms with Gasteiger partial charge in [-0.2, -0.15) is 0 Å². The molecule has 174 valence electrons. The highest BCUT2D eigenvalue weighted by molar-refractivity contribution is 6.22. The van der Waals surface area contributed by atoms with Gasteiger partial charge in [0.25, 0.3) is 5.91 Å². The van der Waals surface area contributed by atoms with Gasteiger partial charge in [-0.05, 0) is 55.5 Å². The summed E-state index contributed by atoms with van der Waals surface area (Å²) in [5, 5.41) is 2.77. The van der Waals surface area contributed by atoms with Crippen molar-refractivity contribution in [2.45, 2.75) is 45.1 Å². The van der Waals surface area contributed by atoms with Crippen LogP contribution in [0.3, 0.4) is 0 Å². The van der Waals surface area contributed by atoms with Crippen molar-refractivity contribution in [3.05, 3.63) is 83.9 Å². The lowest BCUT2D eigenvalue weighted by atomic mass is 9.92. The van der Waals surface area contributed by atoms with Gasteiger partial charge in [0.1, 0.15) is 6.04 Å². The van der Waals surface area contributed by atoms with E-state index in [1.165, 1.54) is 4.90 Å². The van der Waals surface area contributed by atoms with E-state index in [0.29, 0.717) is 29.8 Å². The SMILES string of the molecule is CC1C(=O)N(C(=O)[C@H](C)NC(=O)CCCc2ccccc2)c2cccc(N)c2-c2ccccc21. The number of nitrogen functional groups attached to an aromatic ring is 1. The van der Waals surface area contributed by atoms with Gasteiger partial charge in [0, 0.05) is 17.7 Å². The number of nitrogens with two attached hydrogens (primary N) is 1. The fourth-order valence-electron chi connectivity index (χ4n) is 4.48. The van der Waals surface area contributed by atoms with Crippen LogP contribution in [0.15, 0.2) is 72.8 Å². The molecule has 0 spiro atoms. The molecule has 1 aliphatic heterocycles. The first-order valence-corrected chi connectivity index (χ1v) is 11.6. The van der Waals surface area contributed by atoms with Crippen molar-refractivity contribution in [2.24, 2.45) is 0 Å². The Hall–Kier alpha value is -3.93. The van der Waals surface area contributed by atoms with E-state index in [0.717, 1.165) is 23.1 Å². The maximum Gasteiger partial charge on any atom is 0.256 e. The van der Waals surface area contributed by atoms with Crippen molar-refractivity contribution in [2.75, 3.05) is 10.6 Å². The topological polar surface area (TPSA) is 92.5 Å². The Morgan fingerprint density at radius 2 is 1.71 bits per heavy atom. The van der Waals surface area contributed by atoms with Crippen molar-refractivity contribution in [3.8, 4) is 11.1 Å². The molecule has 2 atom stereocenters. The number of imide groups is 1. The minimum absolute atomic E-state index is 0.219. The summed E-state index contributed by atoms with van der Waals surface area (Å²) in [5.74, 6) is -1.58. The van der Waals surface area contributed by atoms with Crippen molar-refractivity contribution < 1.29 is 14.4 Å². The average molecular weight is 456 g/mol. The molecule has 3 aromatic carbocycles. The zero-order valence-electron chi connectivity index (χ0n) is 19.5. The van der Waals surface area contributed by atoms with Gasteiger partial charge in [0.05, 0.1) is 11.6 Å². The molecule has 6 heteroatoms. The minimum Gasteiger partial charge on any atom is -0.398 e. The summed E-state index contributed by atoms with van der Waals surface area (Å²) in [6.07, 6.45) is 1.75. The van der Waals surface area contributed by atoms with Gasteiger partial charge in [-0.1, -0.05) is 60.7 Å². The smallest absolute Gasteiger partial charge is 0.256 e. The first kappa shape index (κ1) is 23.2. The van der Waals surface area contributed by atoms with Crippen molar-refractivity contribution >= 4 is 29.1 Å². The van der Waals surface area contributed by atoms with E-state index in [-0.39, 0.29) is 11.8 Å². The lowest BCUT2D eigenvalue weighted by molar-refractivity contribution is -0.131. The second kappa shape index (κ2) is 9.91. The summed E-state index contributed by atoms with van der Waals surface area (Å²) in [4.78, 5) is 40.7. The molecule has 6 nitrogen and oxygen atoms in total. The molecule has 0 fully saturated rings. The predicted octanol–water partition coefficient (Wildman–Crippen LogP) is 4.44. The Labute approximate surface area is 199 Å². The maximum atomic E-state index is 13.5. The molecular formula is C28H29N3O3. The number of rotatable bonds is 6. The molecule has 0 aliphatic carbocycles. The molecule has 0 saturated carbocycles. The Morgan fingerprint density at radius 1 is 1.00 bits per heavy atom.